The summed E-state index contributed by atoms with van der Waals surface area (Å²) in [6.07, 6.45) is 8.87. The van der Waals surface area contributed by atoms with Crippen molar-refractivity contribution >= 4 is 5.78 Å². The quantitative estimate of drug-likeness (QED) is 0.783. The van der Waals surface area contributed by atoms with Gasteiger partial charge in [-0.15, -0.1) is 0 Å². The number of rotatable bonds is 3. The Labute approximate surface area is 96.8 Å². The fourth-order valence-corrected chi connectivity index (χ4v) is 2.55. The van der Waals surface area contributed by atoms with E-state index in [-0.39, 0.29) is 0 Å². The minimum Gasteiger partial charge on any atom is -0.299 e. The van der Waals surface area contributed by atoms with Crippen LogP contribution in [0.25, 0.3) is 0 Å². The van der Waals surface area contributed by atoms with E-state index in [0.717, 1.165) is 38.0 Å². The summed E-state index contributed by atoms with van der Waals surface area (Å²) >= 11 is 0. The predicted molar refractivity (Wildman–Crippen MR) is 63.0 cm³/mol. The van der Waals surface area contributed by atoms with Crippen LogP contribution in [0.5, 0.6) is 0 Å². The van der Waals surface area contributed by atoms with Gasteiger partial charge < -0.3 is 0 Å². The molecule has 0 N–H and O–H groups in total. The van der Waals surface area contributed by atoms with Gasteiger partial charge in [-0.1, -0.05) is 6.92 Å². The van der Waals surface area contributed by atoms with Crippen molar-refractivity contribution in [2.45, 2.75) is 39.0 Å². The summed E-state index contributed by atoms with van der Waals surface area (Å²) in [5, 5.41) is 4.15. The van der Waals surface area contributed by atoms with Crippen LogP contribution in [-0.2, 0) is 18.3 Å². The molecule has 1 aliphatic rings. The van der Waals surface area contributed by atoms with E-state index in [0.29, 0.717) is 11.7 Å². The zero-order chi connectivity index (χ0) is 11.5. The number of carbonyl (C=O) groups is 1. The molecule has 0 aromatic carbocycles. The minimum absolute atomic E-state index is 0.295. The lowest BCUT2D eigenvalue weighted by Gasteiger charge is -2.25. The molecule has 2 atom stereocenters. The van der Waals surface area contributed by atoms with Gasteiger partial charge in [0.1, 0.15) is 5.78 Å². The highest BCUT2D eigenvalue weighted by molar-refractivity contribution is 5.81. The van der Waals surface area contributed by atoms with Gasteiger partial charge in [0.05, 0.1) is 6.20 Å². The monoisotopic (exact) mass is 220 g/mol. The Hall–Kier alpha value is -1.12. The molecule has 2 rings (SSSR count). The van der Waals surface area contributed by atoms with Crippen LogP contribution in [0.2, 0.25) is 0 Å². The van der Waals surface area contributed by atoms with Gasteiger partial charge in [-0.25, -0.2) is 0 Å². The molecule has 1 aromatic rings. The van der Waals surface area contributed by atoms with Crippen molar-refractivity contribution in [1.29, 1.82) is 0 Å². The molecular formula is C13H20N2O. The summed E-state index contributed by atoms with van der Waals surface area (Å²) < 4.78 is 1.82. The van der Waals surface area contributed by atoms with Crippen molar-refractivity contribution in [3.63, 3.8) is 0 Å². The number of hydrogen-bond donors (Lipinski definition) is 0. The molecular weight excluding hydrogens is 200 g/mol. The Morgan fingerprint density at radius 2 is 2.38 bits per heavy atom. The Morgan fingerprint density at radius 1 is 1.56 bits per heavy atom. The van der Waals surface area contributed by atoms with Crippen molar-refractivity contribution < 1.29 is 4.79 Å². The lowest BCUT2D eigenvalue weighted by atomic mass is 9.79. The molecule has 16 heavy (non-hydrogen) atoms. The van der Waals surface area contributed by atoms with Gasteiger partial charge in [0.15, 0.2) is 0 Å². The van der Waals surface area contributed by atoms with Gasteiger partial charge in [-0.05, 0) is 37.2 Å². The third-order valence-corrected chi connectivity index (χ3v) is 3.57. The maximum absolute atomic E-state index is 11.7. The molecule has 0 bridgehead atoms. The summed E-state index contributed by atoms with van der Waals surface area (Å²) in [5.74, 6) is 1.49. The second kappa shape index (κ2) is 4.81. The number of nitrogens with zero attached hydrogens (tertiary/aromatic N) is 2. The van der Waals surface area contributed by atoms with Crippen molar-refractivity contribution in [2.24, 2.45) is 18.9 Å². The smallest absolute Gasteiger partial charge is 0.136 e. The molecule has 1 heterocycles. The van der Waals surface area contributed by atoms with Crippen LogP contribution in [0.4, 0.5) is 0 Å². The van der Waals surface area contributed by atoms with E-state index in [1.807, 2.05) is 24.1 Å². The second-order valence-corrected chi connectivity index (χ2v) is 5.10. The van der Waals surface area contributed by atoms with Gasteiger partial charge >= 0.3 is 0 Å². The van der Waals surface area contributed by atoms with Gasteiger partial charge in [0.25, 0.3) is 0 Å². The molecule has 1 saturated carbocycles. The first-order valence-electron chi connectivity index (χ1n) is 6.15. The third-order valence-electron chi connectivity index (χ3n) is 3.57. The zero-order valence-electron chi connectivity index (χ0n) is 10.1. The normalized spacial score (nSPS) is 26.0. The number of carbonyl (C=O) groups excluding carboxylic acids is 1. The van der Waals surface area contributed by atoms with Gasteiger partial charge in [0.2, 0.25) is 0 Å². The number of hydrogen-bond acceptors (Lipinski definition) is 2. The largest absolute Gasteiger partial charge is 0.299 e. The van der Waals surface area contributed by atoms with Gasteiger partial charge in [0, 0.05) is 25.6 Å². The van der Waals surface area contributed by atoms with Crippen LogP contribution in [0.15, 0.2) is 12.4 Å². The average molecular weight is 220 g/mol. The molecule has 0 radical (unpaired) electrons. The first kappa shape index (κ1) is 11.4. The Bertz CT molecular complexity index is 370. The summed E-state index contributed by atoms with van der Waals surface area (Å²) in [6, 6.07) is 0. The second-order valence-electron chi connectivity index (χ2n) is 5.10. The van der Waals surface area contributed by atoms with Gasteiger partial charge in [-0.2, -0.15) is 5.10 Å². The lowest BCUT2D eigenvalue weighted by molar-refractivity contribution is -0.125. The van der Waals surface area contributed by atoms with Gasteiger partial charge in [-0.3, -0.25) is 9.48 Å². The molecule has 0 spiro atoms. The number of aromatic nitrogens is 2. The number of aryl methyl sites for hydroxylation is 2. The molecule has 0 saturated heterocycles. The van der Waals surface area contributed by atoms with Crippen molar-refractivity contribution in [1.82, 2.24) is 9.78 Å². The highest BCUT2D eigenvalue weighted by Gasteiger charge is 2.25. The standard InChI is InChI=1S/C13H20N2O/c1-10-3-6-13(16)12(7-10)5-4-11-8-14-15(2)9-11/h8-10,12H,3-7H2,1-2H3. The third kappa shape index (κ3) is 2.71. The van der Waals surface area contributed by atoms with Crippen molar-refractivity contribution in [3.8, 4) is 0 Å². The van der Waals surface area contributed by atoms with E-state index >= 15 is 0 Å². The molecule has 1 fully saturated rings. The molecule has 3 nitrogen and oxygen atoms in total. The van der Waals surface area contributed by atoms with E-state index in [1.165, 1.54) is 5.56 Å². The first-order valence-corrected chi connectivity index (χ1v) is 6.15. The molecule has 2 unspecified atom stereocenters. The Kier molecular flexibility index (Phi) is 3.42. The minimum atomic E-state index is 0.295. The van der Waals surface area contributed by atoms with Crippen molar-refractivity contribution in [2.75, 3.05) is 0 Å². The van der Waals surface area contributed by atoms with E-state index in [2.05, 4.69) is 12.0 Å². The van der Waals surface area contributed by atoms with Crippen LogP contribution in [0, 0.1) is 11.8 Å². The molecule has 3 heteroatoms. The van der Waals surface area contributed by atoms with Crippen LogP contribution in [0.3, 0.4) is 0 Å². The molecule has 0 amide bonds. The first-order chi connectivity index (χ1) is 7.65. The Balaban J connectivity index is 1.87. The van der Waals surface area contributed by atoms with Crippen LogP contribution >= 0.6 is 0 Å². The van der Waals surface area contributed by atoms with E-state index in [4.69, 9.17) is 0 Å². The fraction of sp³-hybridized carbons (Fsp3) is 0.692. The number of ketones is 1. The fourth-order valence-electron chi connectivity index (χ4n) is 2.55. The highest BCUT2D eigenvalue weighted by Crippen LogP contribution is 2.28. The van der Waals surface area contributed by atoms with Crippen LogP contribution in [0.1, 0.15) is 38.2 Å². The van der Waals surface area contributed by atoms with Crippen LogP contribution < -0.4 is 0 Å². The summed E-state index contributed by atoms with van der Waals surface area (Å²) in [4.78, 5) is 11.7. The Morgan fingerprint density at radius 3 is 3.06 bits per heavy atom. The molecule has 1 aliphatic carbocycles. The number of Topliss-reactive ketones (excluding diaryl/α,β-unsaturated/α-hetero) is 1. The topological polar surface area (TPSA) is 34.9 Å². The molecule has 0 aliphatic heterocycles. The highest BCUT2D eigenvalue weighted by atomic mass is 16.1. The van der Waals surface area contributed by atoms with Crippen molar-refractivity contribution in [3.05, 3.63) is 18.0 Å². The summed E-state index contributed by atoms with van der Waals surface area (Å²) in [5.41, 5.74) is 1.24. The molecule has 1 aromatic heterocycles. The molecule has 88 valence electrons. The SMILES string of the molecule is CC1CCC(=O)C(CCc2cnn(C)c2)C1. The van der Waals surface area contributed by atoms with Crippen LogP contribution in [-0.4, -0.2) is 15.6 Å². The zero-order valence-corrected chi connectivity index (χ0v) is 10.1. The maximum Gasteiger partial charge on any atom is 0.136 e. The van der Waals surface area contributed by atoms with E-state index < -0.39 is 0 Å². The van der Waals surface area contributed by atoms with E-state index in [1.54, 1.807) is 0 Å². The summed E-state index contributed by atoms with van der Waals surface area (Å²) in [7, 11) is 1.93. The maximum atomic E-state index is 11.7. The lowest BCUT2D eigenvalue weighted by Crippen LogP contribution is -2.24. The van der Waals surface area contributed by atoms with E-state index in [9.17, 15) is 4.79 Å². The summed E-state index contributed by atoms with van der Waals surface area (Å²) in [6.45, 7) is 2.25. The average Bonchev–Trinajstić information content (AvgIpc) is 2.66. The predicted octanol–water partition coefficient (Wildman–Crippen LogP) is 2.36.